The Morgan fingerprint density at radius 3 is 1.86 bits per heavy atom. The zero-order chi connectivity index (χ0) is 10.1. The predicted octanol–water partition coefficient (Wildman–Crippen LogP) is 4.00. The minimum Gasteiger partial charge on any atom is -0.389 e. The summed E-state index contributed by atoms with van der Waals surface area (Å²) in [6, 6.07) is 0. The quantitative estimate of drug-likeness (QED) is 0.616. The highest BCUT2D eigenvalue weighted by atomic mass is 14.9. The van der Waals surface area contributed by atoms with E-state index < -0.39 is 0 Å². The van der Waals surface area contributed by atoms with Crippen LogP contribution < -0.4 is 5.32 Å². The lowest BCUT2D eigenvalue weighted by Gasteiger charge is -2.08. The van der Waals surface area contributed by atoms with Crippen molar-refractivity contribution in [3.8, 4) is 0 Å². The van der Waals surface area contributed by atoms with Crippen LogP contribution in [0.15, 0.2) is 12.3 Å². The molecule has 1 aliphatic heterocycles. The van der Waals surface area contributed by atoms with Crippen molar-refractivity contribution < 1.29 is 0 Å². The van der Waals surface area contributed by atoms with E-state index in [2.05, 4.69) is 11.9 Å². The molecule has 14 heavy (non-hydrogen) atoms. The van der Waals surface area contributed by atoms with Gasteiger partial charge in [-0.05, 0) is 19.3 Å². The molecule has 1 saturated heterocycles. The zero-order valence-corrected chi connectivity index (χ0v) is 9.49. The van der Waals surface area contributed by atoms with Crippen LogP contribution in [0.3, 0.4) is 0 Å². The Labute approximate surface area is 89.0 Å². The lowest BCUT2D eigenvalue weighted by atomic mass is 10.1. The summed E-state index contributed by atoms with van der Waals surface area (Å²) in [7, 11) is 0. The third-order valence-corrected chi connectivity index (χ3v) is 3.03. The first-order valence-corrected chi connectivity index (χ1v) is 6.31. The summed E-state index contributed by atoms with van der Waals surface area (Å²) >= 11 is 0. The van der Waals surface area contributed by atoms with E-state index in [0.29, 0.717) is 0 Å². The summed E-state index contributed by atoms with van der Waals surface area (Å²) < 4.78 is 0. The second kappa shape index (κ2) is 7.90. The highest BCUT2D eigenvalue weighted by Gasteiger charge is 1.97. The molecule has 0 bridgehead atoms. The summed E-state index contributed by atoms with van der Waals surface area (Å²) in [5, 5.41) is 3.43. The number of hydrogen-bond acceptors (Lipinski definition) is 1. The van der Waals surface area contributed by atoms with Gasteiger partial charge in [0.15, 0.2) is 0 Å². The van der Waals surface area contributed by atoms with Gasteiger partial charge in [0.1, 0.15) is 0 Å². The van der Waals surface area contributed by atoms with Crippen LogP contribution in [0.2, 0.25) is 0 Å². The summed E-state index contributed by atoms with van der Waals surface area (Å²) in [6.45, 7) is 5.19. The second-order valence-electron chi connectivity index (χ2n) is 4.46. The molecule has 0 unspecified atom stereocenters. The van der Waals surface area contributed by atoms with Crippen LogP contribution in [-0.2, 0) is 0 Å². The van der Waals surface area contributed by atoms with Gasteiger partial charge in [-0.1, -0.05) is 51.5 Å². The molecule has 0 aromatic heterocycles. The molecule has 0 spiro atoms. The summed E-state index contributed by atoms with van der Waals surface area (Å²) in [5.41, 5.74) is 1.25. The average Bonchev–Trinajstić information content (AvgIpc) is 2.20. The van der Waals surface area contributed by atoms with Gasteiger partial charge in [0.05, 0.1) is 0 Å². The van der Waals surface area contributed by atoms with E-state index in [1.165, 1.54) is 69.9 Å². The molecule has 0 amide bonds. The molecular formula is C13H25N. The van der Waals surface area contributed by atoms with Crippen LogP contribution in [0.1, 0.15) is 64.2 Å². The number of allylic oxidation sites excluding steroid dienone is 1. The van der Waals surface area contributed by atoms with Crippen molar-refractivity contribution in [3.05, 3.63) is 12.3 Å². The minimum atomic E-state index is 1.14. The van der Waals surface area contributed by atoms with E-state index in [9.17, 15) is 0 Å². The fourth-order valence-electron chi connectivity index (χ4n) is 2.05. The molecule has 0 saturated carbocycles. The first kappa shape index (κ1) is 11.6. The van der Waals surface area contributed by atoms with Crippen LogP contribution >= 0.6 is 0 Å². The molecule has 1 fully saturated rings. The Balaban J connectivity index is 2.15. The molecule has 0 radical (unpaired) electrons. The standard InChI is InChI=1S/C13H25N/c1-13-11-9-7-5-3-2-4-6-8-10-12-14-13/h14H,1-12H2. The van der Waals surface area contributed by atoms with Gasteiger partial charge in [0.2, 0.25) is 0 Å². The van der Waals surface area contributed by atoms with Gasteiger partial charge in [0, 0.05) is 12.2 Å². The Bertz CT molecular complexity index is 135. The van der Waals surface area contributed by atoms with Crippen molar-refractivity contribution >= 4 is 0 Å². The molecule has 1 heterocycles. The highest BCUT2D eigenvalue weighted by Crippen LogP contribution is 2.12. The average molecular weight is 195 g/mol. The molecule has 0 aromatic carbocycles. The molecule has 0 aliphatic carbocycles. The monoisotopic (exact) mass is 195 g/mol. The largest absolute Gasteiger partial charge is 0.389 e. The first-order chi connectivity index (χ1) is 6.89. The van der Waals surface area contributed by atoms with Crippen molar-refractivity contribution in [2.75, 3.05) is 6.54 Å². The SMILES string of the molecule is C=C1CCCCCCCCCCCN1. The normalized spacial score (nSPS) is 22.7. The van der Waals surface area contributed by atoms with Crippen molar-refractivity contribution in [1.29, 1.82) is 0 Å². The zero-order valence-electron chi connectivity index (χ0n) is 9.49. The molecule has 0 atom stereocenters. The summed E-state index contributed by atoms with van der Waals surface area (Å²) in [4.78, 5) is 0. The maximum Gasteiger partial charge on any atom is 0.0143 e. The van der Waals surface area contributed by atoms with Gasteiger partial charge in [-0.15, -0.1) is 0 Å². The van der Waals surface area contributed by atoms with Crippen molar-refractivity contribution in [2.45, 2.75) is 64.2 Å². The van der Waals surface area contributed by atoms with E-state index in [1.807, 2.05) is 0 Å². The van der Waals surface area contributed by atoms with Crippen LogP contribution in [0.25, 0.3) is 0 Å². The molecule has 1 N–H and O–H groups in total. The Morgan fingerprint density at radius 1 is 0.714 bits per heavy atom. The summed E-state index contributed by atoms with van der Waals surface area (Å²) in [5.74, 6) is 0. The van der Waals surface area contributed by atoms with Gasteiger partial charge in [0.25, 0.3) is 0 Å². The van der Waals surface area contributed by atoms with E-state index in [0.717, 1.165) is 6.54 Å². The Morgan fingerprint density at radius 2 is 1.21 bits per heavy atom. The van der Waals surface area contributed by atoms with E-state index in [4.69, 9.17) is 0 Å². The molecule has 82 valence electrons. The molecular weight excluding hydrogens is 170 g/mol. The lowest BCUT2D eigenvalue weighted by Crippen LogP contribution is -2.13. The van der Waals surface area contributed by atoms with E-state index in [1.54, 1.807) is 0 Å². The molecule has 1 rings (SSSR count). The summed E-state index contributed by atoms with van der Waals surface area (Å²) in [6.07, 6.45) is 13.8. The predicted molar refractivity (Wildman–Crippen MR) is 63.3 cm³/mol. The number of hydrogen-bond donors (Lipinski definition) is 1. The third kappa shape index (κ3) is 6.06. The maximum absolute atomic E-state index is 4.05. The number of nitrogens with one attached hydrogen (secondary N) is 1. The topological polar surface area (TPSA) is 12.0 Å². The van der Waals surface area contributed by atoms with Gasteiger partial charge in [-0.3, -0.25) is 0 Å². The van der Waals surface area contributed by atoms with Crippen LogP contribution in [0, 0.1) is 0 Å². The fourth-order valence-corrected chi connectivity index (χ4v) is 2.05. The van der Waals surface area contributed by atoms with E-state index in [-0.39, 0.29) is 0 Å². The Hall–Kier alpha value is -0.460. The van der Waals surface area contributed by atoms with E-state index >= 15 is 0 Å². The number of rotatable bonds is 0. The second-order valence-corrected chi connectivity index (χ2v) is 4.46. The van der Waals surface area contributed by atoms with Gasteiger partial charge in [-0.2, -0.15) is 0 Å². The molecule has 1 heteroatoms. The lowest BCUT2D eigenvalue weighted by molar-refractivity contribution is 0.566. The highest BCUT2D eigenvalue weighted by molar-refractivity contribution is 4.90. The smallest absolute Gasteiger partial charge is 0.0143 e. The van der Waals surface area contributed by atoms with Crippen LogP contribution in [0.5, 0.6) is 0 Å². The van der Waals surface area contributed by atoms with Gasteiger partial charge >= 0.3 is 0 Å². The van der Waals surface area contributed by atoms with Crippen molar-refractivity contribution in [3.63, 3.8) is 0 Å². The van der Waals surface area contributed by atoms with Crippen LogP contribution in [0.4, 0.5) is 0 Å². The van der Waals surface area contributed by atoms with Crippen molar-refractivity contribution in [2.24, 2.45) is 0 Å². The molecule has 0 aromatic rings. The minimum absolute atomic E-state index is 1.14. The van der Waals surface area contributed by atoms with Crippen molar-refractivity contribution in [1.82, 2.24) is 5.32 Å². The van der Waals surface area contributed by atoms with Gasteiger partial charge in [-0.25, -0.2) is 0 Å². The van der Waals surface area contributed by atoms with Gasteiger partial charge < -0.3 is 5.32 Å². The fraction of sp³-hybridized carbons (Fsp3) is 0.846. The first-order valence-electron chi connectivity index (χ1n) is 6.31. The molecule has 1 aliphatic rings. The van der Waals surface area contributed by atoms with Crippen LogP contribution in [-0.4, -0.2) is 6.54 Å². The third-order valence-electron chi connectivity index (χ3n) is 3.03. The molecule has 1 nitrogen and oxygen atoms in total. The maximum atomic E-state index is 4.05. The Kier molecular flexibility index (Phi) is 6.55.